The van der Waals surface area contributed by atoms with Crippen molar-refractivity contribution in [3.63, 3.8) is 0 Å². The highest BCUT2D eigenvalue weighted by Crippen LogP contribution is 2.16. The van der Waals surface area contributed by atoms with Gasteiger partial charge >= 0.3 is 0 Å². The van der Waals surface area contributed by atoms with Crippen LogP contribution in [-0.2, 0) is 16.1 Å². The molecule has 0 fully saturated rings. The molecule has 29 heavy (non-hydrogen) atoms. The van der Waals surface area contributed by atoms with Gasteiger partial charge in [-0.15, -0.1) is 0 Å². The molecule has 1 N–H and O–H groups in total. The van der Waals surface area contributed by atoms with E-state index in [1.807, 2.05) is 45.0 Å². The fourth-order valence-corrected chi connectivity index (χ4v) is 2.72. The molecule has 2 unspecified atom stereocenters. The second kappa shape index (κ2) is 10.6. The molecule has 0 heterocycles. The lowest BCUT2D eigenvalue weighted by Crippen LogP contribution is -2.50. The summed E-state index contributed by atoms with van der Waals surface area (Å²) < 4.78 is 19.2. The van der Waals surface area contributed by atoms with Crippen molar-refractivity contribution in [1.29, 1.82) is 0 Å². The first-order chi connectivity index (χ1) is 13.8. The summed E-state index contributed by atoms with van der Waals surface area (Å²) in [5.41, 5.74) is 2.01. The smallest absolute Gasteiger partial charge is 0.261 e. The van der Waals surface area contributed by atoms with Gasteiger partial charge in [-0.05, 0) is 44.9 Å². The van der Waals surface area contributed by atoms with Crippen LogP contribution in [0, 0.1) is 12.7 Å². The van der Waals surface area contributed by atoms with Crippen molar-refractivity contribution in [1.82, 2.24) is 10.2 Å². The zero-order valence-corrected chi connectivity index (χ0v) is 17.4. The fraction of sp³-hybridized carbons (Fsp3) is 0.391. The zero-order chi connectivity index (χ0) is 21.4. The normalized spacial score (nSPS) is 12.7. The number of benzene rings is 2. The Balaban J connectivity index is 2.15. The topological polar surface area (TPSA) is 58.6 Å². The van der Waals surface area contributed by atoms with Crippen molar-refractivity contribution < 1.29 is 18.7 Å². The number of carbonyl (C=O) groups is 2. The molecule has 0 radical (unpaired) electrons. The summed E-state index contributed by atoms with van der Waals surface area (Å²) >= 11 is 0. The average Bonchev–Trinajstić information content (AvgIpc) is 2.71. The van der Waals surface area contributed by atoms with Gasteiger partial charge in [-0.1, -0.05) is 48.9 Å². The highest BCUT2D eigenvalue weighted by Gasteiger charge is 2.27. The molecule has 0 aliphatic rings. The van der Waals surface area contributed by atoms with Gasteiger partial charge in [0, 0.05) is 12.6 Å². The van der Waals surface area contributed by atoms with Gasteiger partial charge in [0.1, 0.15) is 6.04 Å². The molecule has 5 nitrogen and oxygen atoms in total. The molecule has 0 saturated heterocycles. The van der Waals surface area contributed by atoms with Gasteiger partial charge < -0.3 is 15.0 Å². The molecule has 2 aromatic carbocycles. The largest absolute Gasteiger partial charge is 0.481 e. The highest BCUT2D eigenvalue weighted by molar-refractivity contribution is 5.88. The Morgan fingerprint density at radius 1 is 1.10 bits per heavy atom. The molecular formula is C23H29FN2O3. The minimum absolute atomic E-state index is 0.00726. The molecule has 2 atom stereocenters. The van der Waals surface area contributed by atoms with Gasteiger partial charge in [0.25, 0.3) is 5.91 Å². The Kier molecular flexibility index (Phi) is 8.19. The Bertz CT molecular complexity index is 823. The van der Waals surface area contributed by atoms with E-state index < -0.39 is 11.9 Å². The van der Waals surface area contributed by atoms with Crippen molar-refractivity contribution in [2.24, 2.45) is 0 Å². The van der Waals surface area contributed by atoms with Gasteiger partial charge in [-0.3, -0.25) is 9.59 Å². The molecule has 156 valence electrons. The number of nitrogens with one attached hydrogen (secondary N) is 1. The number of aryl methyl sites for hydroxylation is 1. The van der Waals surface area contributed by atoms with Crippen molar-refractivity contribution in [3.8, 4) is 5.75 Å². The van der Waals surface area contributed by atoms with Crippen molar-refractivity contribution in [2.45, 2.75) is 52.7 Å². The zero-order valence-electron chi connectivity index (χ0n) is 17.4. The number of amides is 2. The van der Waals surface area contributed by atoms with Gasteiger partial charge in [0.2, 0.25) is 5.91 Å². The van der Waals surface area contributed by atoms with Crippen LogP contribution in [0.4, 0.5) is 4.39 Å². The number of nitrogens with zero attached hydrogens (tertiary/aromatic N) is 1. The van der Waals surface area contributed by atoms with E-state index in [4.69, 9.17) is 4.74 Å². The maximum Gasteiger partial charge on any atom is 0.261 e. The number of carbonyl (C=O) groups excluding carboxylic acids is 2. The SMILES string of the molecule is CCC(C)NC(=O)C(C)N(Cc1ccc(C)cc1)C(=O)COc1ccccc1F. The van der Waals surface area contributed by atoms with Gasteiger partial charge in [-0.2, -0.15) is 0 Å². The van der Waals surface area contributed by atoms with Gasteiger partial charge in [-0.25, -0.2) is 4.39 Å². The average molecular weight is 400 g/mol. The highest BCUT2D eigenvalue weighted by atomic mass is 19.1. The van der Waals surface area contributed by atoms with Crippen LogP contribution in [-0.4, -0.2) is 35.4 Å². The summed E-state index contributed by atoms with van der Waals surface area (Å²) in [6.45, 7) is 7.47. The summed E-state index contributed by atoms with van der Waals surface area (Å²) in [6.07, 6.45) is 0.792. The first-order valence-corrected chi connectivity index (χ1v) is 9.84. The summed E-state index contributed by atoms with van der Waals surface area (Å²) in [4.78, 5) is 27.0. The van der Waals surface area contributed by atoms with E-state index in [1.165, 1.54) is 17.0 Å². The van der Waals surface area contributed by atoms with Gasteiger partial charge in [0.15, 0.2) is 18.2 Å². The van der Waals surface area contributed by atoms with Crippen LogP contribution in [0.3, 0.4) is 0 Å². The fourth-order valence-electron chi connectivity index (χ4n) is 2.72. The van der Waals surface area contributed by atoms with Crippen LogP contribution >= 0.6 is 0 Å². The second-order valence-electron chi connectivity index (χ2n) is 7.22. The standard InChI is InChI=1S/C23H29FN2O3/c1-5-17(3)25-23(28)18(4)26(14-19-12-10-16(2)11-13-19)22(27)15-29-21-9-7-6-8-20(21)24/h6-13,17-18H,5,14-15H2,1-4H3,(H,25,28). The maximum absolute atomic E-state index is 13.8. The van der Waals surface area contributed by atoms with E-state index >= 15 is 0 Å². The van der Waals surface area contributed by atoms with Crippen LogP contribution in [0.1, 0.15) is 38.3 Å². The molecule has 6 heteroatoms. The third-order valence-corrected chi connectivity index (χ3v) is 4.83. The van der Waals surface area contributed by atoms with E-state index in [0.717, 1.165) is 17.5 Å². The molecule has 2 rings (SSSR count). The van der Waals surface area contributed by atoms with E-state index in [1.54, 1.807) is 19.1 Å². The Hall–Kier alpha value is -2.89. The molecule has 2 amide bonds. The number of rotatable bonds is 9. The number of hydrogen-bond acceptors (Lipinski definition) is 3. The third-order valence-electron chi connectivity index (χ3n) is 4.83. The van der Waals surface area contributed by atoms with Crippen LogP contribution in [0.5, 0.6) is 5.75 Å². The molecular weight excluding hydrogens is 371 g/mol. The van der Waals surface area contributed by atoms with Gasteiger partial charge in [0.05, 0.1) is 0 Å². The minimum Gasteiger partial charge on any atom is -0.481 e. The summed E-state index contributed by atoms with van der Waals surface area (Å²) in [7, 11) is 0. The monoisotopic (exact) mass is 400 g/mol. The van der Waals surface area contributed by atoms with E-state index in [9.17, 15) is 14.0 Å². The second-order valence-corrected chi connectivity index (χ2v) is 7.22. The lowest BCUT2D eigenvalue weighted by molar-refractivity contribution is -0.142. The lowest BCUT2D eigenvalue weighted by Gasteiger charge is -2.29. The minimum atomic E-state index is -0.693. The summed E-state index contributed by atoms with van der Waals surface area (Å²) in [5.74, 6) is -1.15. The Morgan fingerprint density at radius 3 is 2.38 bits per heavy atom. The molecule has 0 saturated carbocycles. The molecule has 0 aliphatic heterocycles. The maximum atomic E-state index is 13.8. The van der Waals surface area contributed by atoms with Crippen LogP contribution < -0.4 is 10.1 Å². The van der Waals surface area contributed by atoms with E-state index in [0.29, 0.717) is 0 Å². The predicted molar refractivity (Wildman–Crippen MR) is 111 cm³/mol. The molecule has 2 aromatic rings. The molecule has 0 aliphatic carbocycles. The lowest BCUT2D eigenvalue weighted by atomic mass is 10.1. The van der Waals surface area contributed by atoms with Crippen LogP contribution in [0.2, 0.25) is 0 Å². The van der Waals surface area contributed by atoms with Crippen molar-refractivity contribution in [2.75, 3.05) is 6.61 Å². The number of para-hydroxylation sites is 1. The quantitative estimate of drug-likeness (QED) is 0.696. The number of ether oxygens (including phenoxy) is 1. The van der Waals surface area contributed by atoms with Crippen molar-refractivity contribution in [3.05, 3.63) is 65.5 Å². The number of hydrogen-bond donors (Lipinski definition) is 1. The predicted octanol–water partition coefficient (Wildman–Crippen LogP) is 3.84. The summed E-state index contributed by atoms with van der Waals surface area (Å²) in [6, 6.07) is 13.0. The summed E-state index contributed by atoms with van der Waals surface area (Å²) in [5, 5.41) is 2.91. The molecule has 0 aromatic heterocycles. The Morgan fingerprint density at radius 2 is 1.76 bits per heavy atom. The molecule has 0 bridgehead atoms. The van der Waals surface area contributed by atoms with Crippen LogP contribution in [0.25, 0.3) is 0 Å². The van der Waals surface area contributed by atoms with E-state index in [-0.39, 0.29) is 36.8 Å². The first kappa shape index (κ1) is 22.4. The first-order valence-electron chi connectivity index (χ1n) is 9.84. The number of halogens is 1. The third kappa shape index (κ3) is 6.59. The van der Waals surface area contributed by atoms with Crippen LogP contribution in [0.15, 0.2) is 48.5 Å². The Labute approximate surface area is 171 Å². The van der Waals surface area contributed by atoms with E-state index in [2.05, 4.69) is 5.32 Å². The van der Waals surface area contributed by atoms with Crippen molar-refractivity contribution >= 4 is 11.8 Å². The molecule has 0 spiro atoms.